The number of sulfonamides is 1. The van der Waals surface area contributed by atoms with E-state index in [9.17, 15) is 8.42 Å². The molecule has 0 N–H and O–H groups in total. The quantitative estimate of drug-likeness (QED) is 0.254. The van der Waals surface area contributed by atoms with Crippen LogP contribution in [0.15, 0.2) is 0 Å². The third-order valence-corrected chi connectivity index (χ3v) is 5.97. The van der Waals surface area contributed by atoms with Crippen LogP contribution in [0.1, 0.15) is 96.8 Å². The Balaban J connectivity index is 4.08. The number of hydrogen-bond acceptors (Lipinski definition) is 4. The Morgan fingerprint density at radius 3 is 1.41 bits per heavy atom. The molecular weight excluding hydrogens is 358 g/mol. The van der Waals surface area contributed by atoms with Gasteiger partial charge in [0, 0.05) is 31.2 Å². The van der Waals surface area contributed by atoms with Gasteiger partial charge in [-0.2, -0.15) is 23.2 Å². The maximum absolute atomic E-state index is 12.3. The summed E-state index contributed by atoms with van der Waals surface area (Å²) in [7, 11) is -3.48. The predicted molar refractivity (Wildman–Crippen MR) is 110 cm³/mol. The van der Waals surface area contributed by atoms with Crippen LogP contribution in [-0.4, -0.2) is 25.8 Å². The van der Waals surface area contributed by atoms with Crippen molar-refractivity contribution in [3.63, 3.8) is 0 Å². The van der Waals surface area contributed by atoms with E-state index in [2.05, 4.69) is 23.3 Å². The molecule has 152 valence electrons. The van der Waals surface area contributed by atoms with Gasteiger partial charge in [-0.1, -0.05) is 57.3 Å². The molecule has 0 aromatic carbocycles. The summed E-state index contributed by atoms with van der Waals surface area (Å²) in [6.45, 7) is 2.63. The Hall–Kier alpha value is -1.55. The van der Waals surface area contributed by atoms with E-state index in [-0.39, 0.29) is 0 Å². The van der Waals surface area contributed by atoms with Gasteiger partial charge in [0.2, 0.25) is 0 Å². The smallest absolute Gasteiger partial charge is 0.198 e. The minimum absolute atomic E-state index is 0.539. The fourth-order valence-electron chi connectivity index (χ4n) is 2.94. The molecule has 0 saturated carbocycles. The van der Waals surface area contributed by atoms with Gasteiger partial charge in [0.25, 0.3) is 10.0 Å². The zero-order valence-corrected chi connectivity index (χ0v) is 17.7. The third-order valence-electron chi connectivity index (χ3n) is 4.46. The molecule has 0 heterocycles. The van der Waals surface area contributed by atoms with Crippen LogP contribution in [0, 0.1) is 33.8 Å². The van der Waals surface area contributed by atoms with Crippen LogP contribution in [0.4, 0.5) is 0 Å². The average molecular weight is 394 g/mol. The van der Waals surface area contributed by atoms with Gasteiger partial charge in [0.1, 0.15) is 0 Å². The van der Waals surface area contributed by atoms with Crippen molar-refractivity contribution in [2.75, 3.05) is 13.1 Å². The molecule has 0 aromatic heterocycles. The van der Waals surface area contributed by atoms with Crippen molar-refractivity contribution in [2.45, 2.75) is 96.8 Å². The number of hydrogen-bond donors (Lipinski definition) is 0. The molecule has 0 aliphatic rings. The molecule has 5 nitrogen and oxygen atoms in total. The van der Waals surface area contributed by atoms with E-state index in [1.807, 2.05) is 0 Å². The SMILES string of the molecule is CC#CS(=O)(=O)N(CCCCCCCCC#N)CCCCCCCCC#N. The van der Waals surface area contributed by atoms with Crippen molar-refractivity contribution in [1.29, 1.82) is 10.5 Å². The van der Waals surface area contributed by atoms with Crippen molar-refractivity contribution in [3.8, 4) is 23.3 Å². The first-order valence-electron chi connectivity index (χ1n) is 10.3. The molecule has 0 aliphatic carbocycles. The molecule has 0 aromatic rings. The number of nitrogens with zero attached hydrogens (tertiary/aromatic N) is 3. The van der Waals surface area contributed by atoms with Crippen LogP contribution >= 0.6 is 0 Å². The molecule has 0 fully saturated rings. The molecule has 27 heavy (non-hydrogen) atoms. The summed E-state index contributed by atoms with van der Waals surface area (Å²) in [6, 6.07) is 4.31. The summed E-state index contributed by atoms with van der Waals surface area (Å²) >= 11 is 0. The van der Waals surface area contributed by atoms with Gasteiger partial charge in [-0.15, -0.1) is 0 Å². The molecule has 0 rings (SSSR count). The van der Waals surface area contributed by atoms with Crippen molar-refractivity contribution < 1.29 is 8.42 Å². The third kappa shape index (κ3) is 15.2. The zero-order valence-electron chi connectivity index (χ0n) is 16.9. The standard InChI is InChI=1S/C21H35N3O2S/c1-2-21-27(25,26)24(19-15-11-7-3-5-9-13-17-22)20-16-12-8-4-6-10-14-18-23/h3-16,19-20H2,1H3. The van der Waals surface area contributed by atoms with Crippen LogP contribution in [0.25, 0.3) is 0 Å². The van der Waals surface area contributed by atoms with Crippen molar-refractivity contribution in [3.05, 3.63) is 0 Å². The minimum atomic E-state index is -3.48. The largest absolute Gasteiger partial charge is 0.282 e. The lowest BCUT2D eigenvalue weighted by Crippen LogP contribution is -2.31. The number of nitriles is 2. The fraction of sp³-hybridized carbons (Fsp3) is 0.810. The summed E-state index contributed by atoms with van der Waals surface area (Å²) in [6.07, 6.45) is 13.4. The fourth-order valence-corrected chi connectivity index (χ4v) is 4.07. The van der Waals surface area contributed by atoms with E-state index in [1.54, 1.807) is 6.92 Å². The van der Waals surface area contributed by atoms with Gasteiger partial charge in [-0.3, -0.25) is 0 Å². The lowest BCUT2D eigenvalue weighted by molar-refractivity contribution is 0.389. The van der Waals surface area contributed by atoms with Crippen molar-refractivity contribution in [2.24, 2.45) is 0 Å². The second kappa shape index (κ2) is 17.8. The summed E-state index contributed by atoms with van der Waals surface area (Å²) in [5, 5.41) is 19.4. The Morgan fingerprint density at radius 1 is 0.667 bits per heavy atom. The molecule has 0 spiro atoms. The van der Waals surface area contributed by atoms with Gasteiger partial charge >= 0.3 is 0 Å². The minimum Gasteiger partial charge on any atom is -0.198 e. The molecule has 0 radical (unpaired) electrons. The predicted octanol–water partition coefficient (Wildman–Crippen LogP) is 5.11. The highest BCUT2D eigenvalue weighted by Gasteiger charge is 2.18. The van der Waals surface area contributed by atoms with Crippen LogP contribution in [0.5, 0.6) is 0 Å². The van der Waals surface area contributed by atoms with E-state index in [0.29, 0.717) is 25.9 Å². The number of unbranched alkanes of at least 4 members (excludes halogenated alkanes) is 12. The summed E-state index contributed by atoms with van der Waals surface area (Å²) in [4.78, 5) is 0. The first kappa shape index (κ1) is 25.4. The maximum atomic E-state index is 12.3. The Morgan fingerprint density at radius 2 is 1.04 bits per heavy atom. The normalized spacial score (nSPS) is 10.8. The molecule has 0 bridgehead atoms. The first-order valence-corrected chi connectivity index (χ1v) is 11.7. The van der Waals surface area contributed by atoms with Crippen LogP contribution < -0.4 is 0 Å². The molecule has 0 amide bonds. The topological polar surface area (TPSA) is 85.0 Å². The first-order chi connectivity index (χ1) is 13.1. The van der Waals surface area contributed by atoms with Crippen LogP contribution in [0.2, 0.25) is 0 Å². The highest BCUT2D eigenvalue weighted by molar-refractivity contribution is 7.93. The second-order valence-corrected chi connectivity index (χ2v) is 8.49. The number of rotatable bonds is 17. The molecule has 6 heteroatoms. The lowest BCUT2D eigenvalue weighted by Gasteiger charge is -2.19. The van der Waals surface area contributed by atoms with Crippen LogP contribution in [0.3, 0.4) is 0 Å². The van der Waals surface area contributed by atoms with Crippen LogP contribution in [-0.2, 0) is 10.0 Å². The van der Waals surface area contributed by atoms with E-state index >= 15 is 0 Å². The second-order valence-electron chi connectivity index (χ2n) is 6.82. The lowest BCUT2D eigenvalue weighted by atomic mass is 10.1. The molecular formula is C21H35N3O2S. The molecule has 0 saturated heterocycles. The van der Waals surface area contributed by atoms with E-state index in [0.717, 1.165) is 77.0 Å². The maximum Gasteiger partial charge on any atom is 0.282 e. The van der Waals surface area contributed by atoms with E-state index < -0.39 is 10.0 Å². The highest BCUT2D eigenvalue weighted by Crippen LogP contribution is 2.12. The monoisotopic (exact) mass is 393 g/mol. The zero-order chi connectivity index (χ0) is 20.2. The van der Waals surface area contributed by atoms with E-state index in [1.165, 1.54) is 4.31 Å². The Kier molecular flexibility index (Phi) is 16.8. The Labute approximate surface area is 166 Å². The summed E-state index contributed by atoms with van der Waals surface area (Å²) < 4.78 is 26.1. The van der Waals surface area contributed by atoms with Gasteiger partial charge in [0.05, 0.1) is 12.1 Å². The average Bonchev–Trinajstić information content (AvgIpc) is 2.64. The summed E-state index contributed by atoms with van der Waals surface area (Å²) in [5.74, 6) is 2.52. The molecule has 0 atom stereocenters. The molecule has 0 unspecified atom stereocenters. The van der Waals surface area contributed by atoms with Gasteiger partial charge in [-0.05, 0) is 32.6 Å². The van der Waals surface area contributed by atoms with Crippen molar-refractivity contribution >= 4 is 10.0 Å². The van der Waals surface area contributed by atoms with Gasteiger partial charge in [0.15, 0.2) is 0 Å². The molecule has 0 aliphatic heterocycles. The van der Waals surface area contributed by atoms with Gasteiger partial charge in [-0.25, -0.2) is 0 Å². The van der Waals surface area contributed by atoms with Gasteiger partial charge < -0.3 is 0 Å². The van der Waals surface area contributed by atoms with E-state index in [4.69, 9.17) is 10.5 Å². The highest BCUT2D eigenvalue weighted by atomic mass is 32.2. The Bertz CT molecular complexity index is 576. The summed E-state index contributed by atoms with van der Waals surface area (Å²) in [5.41, 5.74) is 0. The van der Waals surface area contributed by atoms with Crippen molar-refractivity contribution in [1.82, 2.24) is 4.31 Å².